The van der Waals surface area contributed by atoms with Gasteiger partial charge in [-0.05, 0) is 37.1 Å². The molecule has 1 rings (SSSR count). The normalized spacial score (nSPS) is 14.4. The van der Waals surface area contributed by atoms with E-state index in [0.29, 0.717) is 5.92 Å². The molecule has 0 bridgehead atoms. The summed E-state index contributed by atoms with van der Waals surface area (Å²) in [4.78, 5) is 2.23. The molecule has 0 aliphatic rings. The Kier molecular flexibility index (Phi) is 5.57. The molecule has 0 aromatic heterocycles. The van der Waals surface area contributed by atoms with Crippen LogP contribution in [0.1, 0.15) is 51.7 Å². The minimum atomic E-state index is -0.414. The van der Waals surface area contributed by atoms with Crippen LogP contribution in [0.25, 0.3) is 0 Å². The van der Waals surface area contributed by atoms with Crippen molar-refractivity contribution in [2.75, 3.05) is 13.1 Å². The predicted octanol–water partition coefficient (Wildman–Crippen LogP) is 3.98. The molecule has 0 fully saturated rings. The second-order valence-electron chi connectivity index (χ2n) is 5.63. The summed E-state index contributed by atoms with van der Waals surface area (Å²) < 4.78 is 0. The molecule has 0 aliphatic heterocycles. The molecular formula is C17H26N2. The van der Waals surface area contributed by atoms with E-state index in [0.717, 1.165) is 19.5 Å². The molecule has 0 saturated heterocycles. The van der Waals surface area contributed by atoms with E-state index in [1.807, 2.05) is 6.92 Å². The zero-order valence-corrected chi connectivity index (χ0v) is 12.9. The first kappa shape index (κ1) is 15.7. The van der Waals surface area contributed by atoms with E-state index in [2.05, 4.69) is 62.9 Å². The molecule has 0 heterocycles. The van der Waals surface area contributed by atoms with E-state index in [9.17, 15) is 5.26 Å². The maximum atomic E-state index is 9.53. The number of rotatable bonds is 6. The number of hydrogen-bond donors (Lipinski definition) is 0. The summed E-state index contributed by atoms with van der Waals surface area (Å²) in [6.45, 7) is 12.5. The van der Waals surface area contributed by atoms with Gasteiger partial charge in [-0.2, -0.15) is 5.26 Å². The molecular weight excluding hydrogens is 232 g/mol. The van der Waals surface area contributed by atoms with Crippen LogP contribution in [0, 0.1) is 11.3 Å². The van der Waals surface area contributed by atoms with E-state index in [1.54, 1.807) is 0 Å². The highest BCUT2D eigenvalue weighted by Crippen LogP contribution is 2.22. The van der Waals surface area contributed by atoms with Gasteiger partial charge in [-0.3, -0.25) is 4.90 Å². The van der Waals surface area contributed by atoms with Crippen LogP contribution in [-0.2, 0) is 6.42 Å². The maximum absolute atomic E-state index is 9.53. The maximum Gasteiger partial charge on any atom is 0.110 e. The van der Waals surface area contributed by atoms with Gasteiger partial charge >= 0.3 is 0 Å². The molecule has 19 heavy (non-hydrogen) atoms. The van der Waals surface area contributed by atoms with Crippen molar-refractivity contribution < 1.29 is 0 Å². The van der Waals surface area contributed by atoms with Crippen molar-refractivity contribution >= 4 is 0 Å². The van der Waals surface area contributed by atoms with Gasteiger partial charge in [-0.25, -0.2) is 0 Å². The molecule has 1 aromatic carbocycles. The average Bonchev–Trinajstić information content (AvgIpc) is 2.40. The number of likely N-dealkylation sites (N-methyl/N-ethyl adjacent to an activating group) is 1. The lowest BCUT2D eigenvalue weighted by atomic mass is 9.91. The van der Waals surface area contributed by atoms with Crippen LogP contribution in [0.5, 0.6) is 0 Å². The lowest BCUT2D eigenvalue weighted by Gasteiger charge is -2.34. The highest BCUT2D eigenvalue weighted by atomic mass is 15.2. The summed E-state index contributed by atoms with van der Waals surface area (Å²) in [6, 6.07) is 11.2. The lowest BCUT2D eigenvalue weighted by molar-refractivity contribution is 0.169. The summed E-state index contributed by atoms with van der Waals surface area (Å²) in [7, 11) is 0. The molecule has 0 spiro atoms. The zero-order chi connectivity index (χ0) is 14.5. The molecule has 2 heteroatoms. The summed E-state index contributed by atoms with van der Waals surface area (Å²) in [5.41, 5.74) is 2.17. The fourth-order valence-corrected chi connectivity index (χ4v) is 2.56. The fourth-order valence-electron chi connectivity index (χ4n) is 2.56. The Bertz CT molecular complexity index is 424. The Hall–Kier alpha value is -1.33. The van der Waals surface area contributed by atoms with Crippen LogP contribution in [0.15, 0.2) is 24.3 Å². The molecule has 0 aliphatic carbocycles. The van der Waals surface area contributed by atoms with Gasteiger partial charge in [-0.15, -0.1) is 0 Å². The Labute approximate surface area is 118 Å². The van der Waals surface area contributed by atoms with E-state index in [4.69, 9.17) is 0 Å². The van der Waals surface area contributed by atoms with Crippen molar-refractivity contribution in [3.8, 4) is 6.07 Å². The Morgan fingerprint density at radius 1 is 1.16 bits per heavy atom. The minimum absolute atomic E-state index is 0.414. The lowest BCUT2D eigenvalue weighted by Crippen LogP contribution is -2.46. The highest BCUT2D eigenvalue weighted by Gasteiger charge is 2.30. The molecule has 1 unspecified atom stereocenters. The van der Waals surface area contributed by atoms with Gasteiger partial charge in [0.15, 0.2) is 0 Å². The van der Waals surface area contributed by atoms with Crippen molar-refractivity contribution in [1.29, 1.82) is 5.26 Å². The second kappa shape index (κ2) is 6.73. The summed E-state index contributed by atoms with van der Waals surface area (Å²) in [5.74, 6) is 0.555. The summed E-state index contributed by atoms with van der Waals surface area (Å²) in [5, 5.41) is 9.53. The van der Waals surface area contributed by atoms with Crippen LogP contribution >= 0.6 is 0 Å². The molecule has 0 amide bonds. The van der Waals surface area contributed by atoms with Crippen molar-refractivity contribution in [2.45, 2.75) is 52.5 Å². The van der Waals surface area contributed by atoms with Crippen LogP contribution in [0.3, 0.4) is 0 Å². The third-order valence-electron chi connectivity index (χ3n) is 3.90. The van der Waals surface area contributed by atoms with E-state index < -0.39 is 5.54 Å². The molecule has 0 N–H and O–H groups in total. The molecule has 1 atom stereocenters. The number of nitriles is 1. The van der Waals surface area contributed by atoms with E-state index in [1.165, 1.54) is 11.1 Å². The smallest absolute Gasteiger partial charge is 0.110 e. The average molecular weight is 258 g/mol. The third-order valence-corrected chi connectivity index (χ3v) is 3.90. The Morgan fingerprint density at radius 2 is 1.68 bits per heavy atom. The largest absolute Gasteiger partial charge is 0.286 e. The topological polar surface area (TPSA) is 27.0 Å². The molecule has 104 valence electrons. The van der Waals surface area contributed by atoms with Gasteiger partial charge < -0.3 is 0 Å². The molecule has 0 saturated carbocycles. The SMILES string of the molecule is CCN(CC)C(C)(C#N)Cc1ccc(C(C)C)cc1. The van der Waals surface area contributed by atoms with Crippen molar-refractivity contribution in [3.63, 3.8) is 0 Å². The number of nitrogens with zero attached hydrogens (tertiary/aromatic N) is 2. The third kappa shape index (κ3) is 3.81. The monoisotopic (exact) mass is 258 g/mol. The zero-order valence-electron chi connectivity index (χ0n) is 12.9. The standard InChI is InChI=1S/C17H26N2/c1-6-19(7-2)17(5,13-18)12-15-8-10-16(11-9-15)14(3)4/h8-11,14H,6-7,12H2,1-5H3. The fraction of sp³-hybridized carbons (Fsp3) is 0.588. The Balaban J connectivity index is 2.90. The van der Waals surface area contributed by atoms with Gasteiger partial charge in [0.05, 0.1) is 6.07 Å². The quantitative estimate of drug-likeness (QED) is 0.772. The highest BCUT2D eigenvalue weighted by molar-refractivity contribution is 5.27. The van der Waals surface area contributed by atoms with Crippen molar-refractivity contribution in [2.24, 2.45) is 0 Å². The van der Waals surface area contributed by atoms with Gasteiger partial charge in [0.1, 0.15) is 5.54 Å². The van der Waals surface area contributed by atoms with Gasteiger partial charge in [0.25, 0.3) is 0 Å². The first-order valence-electron chi connectivity index (χ1n) is 7.22. The minimum Gasteiger partial charge on any atom is -0.286 e. The van der Waals surface area contributed by atoms with Gasteiger partial charge in [-0.1, -0.05) is 52.0 Å². The van der Waals surface area contributed by atoms with Crippen LogP contribution < -0.4 is 0 Å². The second-order valence-corrected chi connectivity index (χ2v) is 5.63. The van der Waals surface area contributed by atoms with E-state index >= 15 is 0 Å². The van der Waals surface area contributed by atoms with Crippen LogP contribution in [-0.4, -0.2) is 23.5 Å². The Morgan fingerprint density at radius 3 is 2.05 bits per heavy atom. The predicted molar refractivity (Wildman–Crippen MR) is 81.2 cm³/mol. The first-order valence-corrected chi connectivity index (χ1v) is 7.22. The van der Waals surface area contributed by atoms with E-state index in [-0.39, 0.29) is 0 Å². The van der Waals surface area contributed by atoms with Crippen molar-refractivity contribution in [1.82, 2.24) is 4.90 Å². The first-order chi connectivity index (χ1) is 8.96. The molecule has 2 nitrogen and oxygen atoms in total. The summed E-state index contributed by atoms with van der Waals surface area (Å²) in [6.07, 6.45) is 0.781. The number of benzene rings is 1. The number of hydrogen-bond acceptors (Lipinski definition) is 2. The summed E-state index contributed by atoms with van der Waals surface area (Å²) >= 11 is 0. The van der Waals surface area contributed by atoms with Gasteiger partial charge in [0, 0.05) is 6.42 Å². The van der Waals surface area contributed by atoms with Crippen LogP contribution in [0.4, 0.5) is 0 Å². The van der Waals surface area contributed by atoms with Crippen LogP contribution in [0.2, 0.25) is 0 Å². The van der Waals surface area contributed by atoms with Crippen molar-refractivity contribution in [3.05, 3.63) is 35.4 Å². The molecule has 0 radical (unpaired) electrons. The van der Waals surface area contributed by atoms with Gasteiger partial charge in [0.2, 0.25) is 0 Å². The molecule has 1 aromatic rings.